The minimum absolute atomic E-state index is 0.0150. The van der Waals surface area contributed by atoms with Gasteiger partial charge in [-0.3, -0.25) is 14.8 Å². The zero-order valence-electron chi connectivity index (χ0n) is 16.6. The summed E-state index contributed by atoms with van der Waals surface area (Å²) in [5.41, 5.74) is 4.99. The number of nitrogens with one attached hydrogen (secondary N) is 1. The lowest BCUT2D eigenvalue weighted by Gasteiger charge is -2.23. The number of aromatic nitrogens is 2. The lowest BCUT2D eigenvalue weighted by Crippen LogP contribution is -2.36. The summed E-state index contributed by atoms with van der Waals surface area (Å²) in [4.78, 5) is 20.6. The molecule has 7 nitrogen and oxygen atoms in total. The van der Waals surface area contributed by atoms with Gasteiger partial charge in [-0.25, -0.2) is 16.4 Å². The van der Waals surface area contributed by atoms with Crippen molar-refractivity contribution < 1.29 is 14.8 Å². The van der Waals surface area contributed by atoms with Gasteiger partial charge < -0.3 is 4.57 Å². The molecule has 0 radical (unpaired) electrons. The van der Waals surface area contributed by atoms with E-state index in [0.29, 0.717) is 12.8 Å². The Bertz CT molecular complexity index is 928. The van der Waals surface area contributed by atoms with Crippen LogP contribution in [0.4, 0.5) is 0 Å². The number of nitrogens with zero attached hydrogens (tertiary/aromatic N) is 2. The van der Waals surface area contributed by atoms with Crippen LogP contribution in [0.2, 0.25) is 0 Å². The maximum absolute atomic E-state index is 11.7. The molecule has 1 heterocycles. The highest BCUT2D eigenvalue weighted by Gasteiger charge is 2.20. The third kappa shape index (κ3) is 5.64. The monoisotopic (exact) mass is 406 g/mol. The maximum Gasteiger partial charge on any atom is 0.274 e. The third-order valence-electron chi connectivity index (χ3n) is 4.98. The van der Waals surface area contributed by atoms with Gasteiger partial charge in [0.05, 0.1) is 12.4 Å². The largest absolute Gasteiger partial charge is 0.330 e. The van der Waals surface area contributed by atoms with E-state index >= 15 is 0 Å². The van der Waals surface area contributed by atoms with Gasteiger partial charge in [-0.15, -0.1) is 0 Å². The Balaban J connectivity index is 1.93. The Hall–Kier alpha value is -3.26. The summed E-state index contributed by atoms with van der Waals surface area (Å²) >= 11 is 0. The topological polar surface area (TPSA) is 102 Å². The lowest BCUT2D eigenvalue weighted by molar-refractivity contribution is -0.142. The highest BCUT2D eigenvalue weighted by atomic mass is 16.6. The summed E-state index contributed by atoms with van der Waals surface area (Å²) in [5.74, 6) is 4.55. The van der Waals surface area contributed by atoms with E-state index in [0.717, 1.165) is 17.6 Å². The molecule has 0 saturated carbocycles. The van der Waals surface area contributed by atoms with Crippen LogP contribution in [0.25, 0.3) is 5.57 Å². The summed E-state index contributed by atoms with van der Waals surface area (Å²) in [6, 6.07) is 20.4. The Labute approximate surface area is 175 Å². The number of hydrogen-bond donors (Lipinski definition) is 3. The Morgan fingerprint density at radius 2 is 1.87 bits per heavy atom. The molecule has 30 heavy (non-hydrogen) atoms. The highest BCUT2D eigenvalue weighted by Crippen LogP contribution is 2.31. The minimum atomic E-state index is -0.927. The van der Waals surface area contributed by atoms with Crippen LogP contribution < -0.4 is 11.4 Å². The normalized spacial score (nSPS) is 13.6. The van der Waals surface area contributed by atoms with Crippen molar-refractivity contribution in [1.82, 2.24) is 15.0 Å². The quantitative estimate of drug-likeness (QED) is 0.354. The van der Waals surface area contributed by atoms with E-state index in [-0.39, 0.29) is 6.04 Å². The zero-order chi connectivity index (χ0) is 21.2. The van der Waals surface area contributed by atoms with Crippen molar-refractivity contribution in [2.75, 3.05) is 0 Å². The zero-order valence-corrected chi connectivity index (χ0v) is 16.6. The van der Waals surface area contributed by atoms with Crippen molar-refractivity contribution in [2.24, 2.45) is 5.90 Å². The van der Waals surface area contributed by atoms with Crippen molar-refractivity contribution in [3.05, 3.63) is 96.6 Å². The predicted octanol–water partition coefficient (Wildman–Crippen LogP) is 3.30. The number of nitrogens with two attached hydrogens (primary N) is 1. The number of carbonyl (C=O) groups is 1. The van der Waals surface area contributed by atoms with Crippen molar-refractivity contribution in [3.63, 3.8) is 0 Å². The molecular weight excluding hydrogens is 380 g/mol. The molecule has 2 atom stereocenters. The molecule has 0 aliphatic heterocycles. The second kappa shape index (κ2) is 11.1. The number of carbonyl (C=O) groups excluding carboxylic acids is 1. The second-order valence-electron chi connectivity index (χ2n) is 6.92. The van der Waals surface area contributed by atoms with Gasteiger partial charge in [-0.1, -0.05) is 66.7 Å². The van der Waals surface area contributed by atoms with Gasteiger partial charge in [0.25, 0.3) is 5.91 Å². The van der Waals surface area contributed by atoms with Crippen LogP contribution in [0.5, 0.6) is 0 Å². The second-order valence-corrected chi connectivity index (χ2v) is 6.92. The van der Waals surface area contributed by atoms with Crippen molar-refractivity contribution in [1.29, 1.82) is 0 Å². The van der Waals surface area contributed by atoms with Crippen LogP contribution in [0.3, 0.4) is 0 Å². The van der Waals surface area contributed by atoms with Crippen molar-refractivity contribution in [2.45, 2.75) is 31.4 Å². The van der Waals surface area contributed by atoms with Gasteiger partial charge >= 0.3 is 0 Å². The summed E-state index contributed by atoms with van der Waals surface area (Å²) in [6.45, 7) is 0. The molecule has 0 fully saturated rings. The fraction of sp³-hybridized carbons (Fsp3) is 0.217. The summed E-state index contributed by atoms with van der Waals surface area (Å²) < 4.78 is 2.09. The molecule has 3 aromatic rings. The Kier molecular flexibility index (Phi) is 7.91. The molecule has 1 amide bonds. The van der Waals surface area contributed by atoms with E-state index in [1.807, 2.05) is 48.9 Å². The van der Waals surface area contributed by atoms with Crippen LogP contribution in [0.15, 0.2) is 85.5 Å². The summed E-state index contributed by atoms with van der Waals surface area (Å²) in [7, 11) is 0. The van der Waals surface area contributed by atoms with E-state index in [1.54, 1.807) is 11.7 Å². The molecule has 7 heteroatoms. The molecule has 0 aliphatic rings. The molecule has 156 valence electrons. The highest BCUT2D eigenvalue weighted by molar-refractivity contribution is 5.79. The Morgan fingerprint density at radius 3 is 2.47 bits per heavy atom. The van der Waals surface area contributed by atoms with E-state index in [2.05, 4.69) is 39.9 Å². The first-order chi connectivity index (χ1) is 14.7. The van der Waals surface area contributed by atoms with Crippen molar-refractivity contribution in [3.8, 4) is 0 Å². The summed E-state index contributed by atoms with van der Waals surface area (Å²) in [5, 5.41) is 8.84. The molecule has 0 spiro atoms. The van der Waals surface area contributed by atoms with E-state index in [9.17, 15) is 4.79 Å². The Morgan fingerprint density at radius 1 is 1.17 bits per heavy atom. The van der Waals surface area contributed by atoms with Crippen LogP contribution in [0.1, 0.15) is 30.0 Å². The van der Waals surface area contributed by atoms with Crippen molar-refractivity contribution >= 4 is 11.5 Å². The predicted molar refractivity (Wildman–Crippen MR) is 114 cm³/mol. The molecule has 3 rings (SSSR count). The smallest absolute Gasteiger partial charge is 0.274 e. The van der Waals surface area contributed by atoms with Crippen LogP contribution in [0, 0.1) is 0 Å². The maximum atomic E-state index is 11.7. The number of imidazole rings is 1. The standard InChI is InChI=1S/C23H26N4O3/c24-30-22(23(28)26-29)13-7-12-20(19-10-5-2-6-11-19)21(27-15-14-25-17-27)16-18-8-3-1-4-9-18/h1-6,8-12,14-15,17,21-22,29H,7,13,16,24H2,(H,26,28). The number of hydroxylamine groups is 1. The molecule has 0 saturated heterocycles. The molecule has 0 bridgehead atoms. The van der Waals surface area contributed by atoms with Gasteiger partial charge in [0.15, 0.2) is 6.10 Å². The number of rotatable bonds is 10. The molecular formula is C23H26N4O3. The first-order valence-electron chi connectivity index (χ1n) is 9.79. The fourth-order valence-corrected chi connectivity index (χ4v) is 3.47. The van der Waals surface area contributed by atoms with Gasteiger partial charge in [-0.2, -0.15) is 0 Å². The van der Waals surface area contributed by atoms with E-state index in [1.165, 1.54) is 5.56 Å². The minimum Gasteiger partial charge on any atom is -0.330 e. The first kappa shape index (κ1) is 21.4. The lowest BCUT2D eigenvalue weighted by atomic mass is 9.91. The average Bonchev–Trinajstić information content (AvgIpc) is 3.34. The number of allylic oxidation sites excluding steroid dienone is 2. The SMILES string of the molecule is NOC(CCC=C(c1ccccc1)C(Cc1ccccc1)n1ccnc1)C(=O)NO. The van der Waals surface area contributed by atoms with Crippen LogP contribution >= 0.6 is 0 Å². The van der Waals surface area contributed by atoms with Gasteiger partial charge in [0, 0.05) is 12.4 Å². The molecule has 1 aromatic heterocycles. The molecule has 0 aliphatic carbocycles. The summed E-state index contributed by atoms with van der Waals surface area (Å²) in [6.07, 6.45) is 8.37. The van der Waals surface area contributed by atoms with Gasteiger partial charge in [0.1, 0.15) is 0 Å². The first-order valence-corrected chi connectivity index (χ1v) is 9.79. The van der Waals surface area contributed by atoms with Gasteiger partial charge in [-0.05, 0) is 36.0 Å². The van der Waals surface area contributed by atoms with Crippen LogP contribution in [-0.4, -0.2) is 26.8 Å². The third-order valence-corrected chi connectivity index (χ3v) is 4.98. The van der Waals surface area contributed by atoms with E-state index in [4.69, 9.17) is 15.9 Å². The van der Waals surface area contributed by atoms with Gasteiger partial charge in [0.2, 0.25) is 0 Å². The number of hydrogen-bond acceptors (Lipinski definition) is 5. The van der Waals surface area contributed by atoms with Crippen LogP contribution in [-0.2, 0) is 16.1 Å². The molecule has 2 aromatic carbocycles. The molecule has 4 N–H and O–H groups in total. The fourth-order valence-electron chi connectivity index (χ4n) is 3.47. The molecule has 2 unspecified atom stereocenters. The number of benzene rings is 2. The van der Waals surface area contributed by atoms with E-state index < -0.39 is 12.0 Å². The number of amides is 1. The average molecular weight is 406 g/mol.